The molecule has 18 heavy (non-hydrogen) atoms. The van der Waals surface area contributed by atoms with Crippen molar-refractivity contribution in [2.24, 2.45) is 10.9 Å². The molecule has 0 amide bonds. The van der Waals surface area contributed by atoms with Gasteiger partial charge in [0.1, 0.15) is 5.75 Å². The van der Waals surface area contributed by atoms with Crippen molar-refractivity contribution < 1.29 is 4.74 Å². The lowest BCUT2D eigenvalue weighted by Gasteiger charge is -2.09. The number of hydrogen-bond acceptors (Lipinski definition) is 4. The van der Waals surface area contributed by atoms with Gasteiger partial charge in [0.25, 0.3) is 0 Å². The molecule has 1 aliphatic rings. The number of rotatable bonds is 3. The molecule has 0 radical (unpaired) electrons. The first-order valence-corrected chi connectivity index (χ1v) is 7.69. The monoisotopic (exact) mass is 328 g/mol. The number of methoxy groups -OCH3 is 1. The smallest absolute Gasteiger partial charge is 0.161 e. The Labute approximate surface area is 121 Å². The number of amidine groups is 1. The molecule has 0 saturated carbocycles. The zero-order chi connectivity index (χ0) is 13.1. The minimum atomic E-state index is 0.426. The molecule has 3 nitrogen and oxygen atoms in total. The molecule has 0 spiro atoms. The van der Waals surface area contributed by atoms with Crippen molar-refractivity contribution in [2.45, 2.75) is 19.9 Å². The van der Waals surface area contributed by atoms with Crippen LogP contribution in [0.25, 0.3) is 0 Å². The number of aliphatic imine (C=N–C) groups is 1. The molecule has 1 aromatic carbocycles. The maximum absolute atomic E-state index is 5.28. The molecule has 1 aliphatic heterocycles. The molecule has 1 N–H and O–H groups in total. The summed E-state index contributed by atoms with van der Waals surface area (Å²) < 4.78 is 6.23. The number of hydrogen-bond donors (Lipinski definition) is 1. The molecular weight excluding hydrogens is 312 g/mol. The van der Waals surface area contributed by atoms with E-state index in [-0.39, 0.29) is 0 Å². The average Bonchev–Trinajstić information content (AvgIpc) is 2.80. The molecule has 0 saturated heterocycles. The van der Waals surface area contributed by atoms with Crippen LogP contribution in [0.4, 0.5) is 5.69 Å². The van der Waals surface area contributed by atoms with Gasteiger partial charge < -0.3 is 10.1 Å². The summed E-state index contributed by atoms with van der Waals surface area (Å²) in [6, 6.07) is 6.38. The number of benzene rings is 1. The van der Waals surface area contributed by atoms with E-state index in [9.17, 15) is 0 Å². The Morgan fingerprint density at radius 2 is 2.28 bits per heavy atom. The van der Waals surface area contributed by atoms with Gasteiger partial charge in [0.2, 0.25) is 0 Å². The van der Waals surface area contributed by atoms with Crippen molar-refractivity contribution in [3.05, 3.63) is 22.7 Å². The lowest BCUT2D eigenvalue weighted by atomic mass is 10.1. The van der Waals surface area contributed by atoms with Gasteiger partial charge in [-0.3, -0.25) is 4.99 Å². The third kappa shape index (κ3) is 3.20. The number of halogens is 1. The zero-order valence-electron chi connectivity index (χ0n) is 10.7. The van der Waals surface area contributed by atoms with Crippen molar-refractivity contribution in [3.8, 4) is 5.75 Å². The molecule has 2 rings (SSSR count). The van der Waals surface area contributed by atoms with Gasteiger partial charge in [-0.05, 0) is 34.0 Å². The second-order valence-corrected chi connectivity index (χ2v) is 6.39. The molecule has 98 valence electrons. The normalized spacial score (nSPS) is 18.9. The standard InChI is InChI=1S/C13H17BrN2OS/c1-8(2)11-7-18-13(16-11)15-9-4-5-10(14)12(6-9)17-3/h4-6,8,11H,7H2,1-3H3,(H,15,16). The van der Waals surface area contributed by atoms with E-state index < -0.39 is 0 Å². The Hall–Kier alpha value is -0.680. The Kier molecular flexibility index (Phi) is 4.56. The predicted octanol–water partition coefficient (Wildman–Crippen LogP) is 4.00. The van der Waals surface area contributed by atoms with E-state index >= 15 is 0 Å². The minimum absolute atomic E-state index is 0.426. The molecule has 0 aliphatic carbocycles. The number of anilines is 1. The van der Waals surface area contributed by atoms with Gasteiger partial charge in [-0.15, -0.1) is 0 Å². The van der Waals surface area contributed by atoms with Crippen molar-refractivity contribution in [3.63, 3.8) is 0 Å². The molecule has 1 heterocycles. The number of ether oxygens (including phenoxy) is 1. The fraction of sp³-hybridized carbons (Fsp3) is 0.462. The maximum atomic E-state index is 5.28. The third-order valence-electron chi connectivity index (χ3n) is 2.85. The van der Waals surface area contributed by atoms with Gasteiger partial charge >= 0.3 is 0 Å². The van der Waals surface area contributed by atoms with Crippen LogP contribution in [0.5, 0.6) is 5.75 Å². The van der Waals surface area contributed by atoms with Crippen LogP contribution in [0.2, 0.25) is 0 Å². The largest absolute Gasteiger partial charge is 0.495 e. The van der Waals surface area contributed by atoms with Gasteiger partial charge in [0.15, 0.2) is 5.17 Å². The number of nitrogens with one attached hydrogen (secondary N) is 1. The fourth-order valence-electron chi connectivity index (χ4n) is 1.66. The van der Waals surface area contributed by atoms with Gasteiger partial charge in [-0.25, -0.2) is 0 Å². The van der Waals surface area contributed by atoms with Crippen molar-refractivity contribution in [1.82, 2.24) is 0 Å². The second kappa shape index (κ2) is 5.97. The van der Waals surface area contributed by atoms with Crippen LogP contribution in [0.3, 0.4) is 0 Å². The van der Waals surface area contributed by atoms with Crippen molar-refractivity contribution in [2.75, 3.05) is 18.2 Å². The highest BCUT2D eigenvalue weighted by molar-refractivity contribution is 9.10. The molecule has 1 atom stereocenters. The van der Waals surface area contributed by atoms with E-state index in [0.717, 1.165) is 26.8 Å². The van der Waals surface area contributed by atoms with Crippen LogP contribution in [0, 0.1) is 5.92 Å². The first-order valence-electron chi connectivity index (χ1n) is 5.91. The van der Waals surface area contributed by atoms with Crippen LogP contribution >= 0.6 is 27.7 Å². The van der Waals surface area contributed by atoms with E-state index in [1.54, 1.807) is 18.9 Å². The third-order valence-corrected chi connectivity index (χ3v) is 4.49. The highest BCUT2D eigenvalue weighted by Crippen LogP contribution is 2.30. The lowest BCUT2D eigenvalue weighted by molar-refractivity contribution is 0.412. The summed E-state index contributed by atoms with van der Waals surface area (Å²) in [6.07, 6.45) is 0. The summed E-state index contributed by atoms with van der Waals surface area (Å²) in [4.78, 5) is 4.68. The summed E-state index contributed by atoms with van der Waals surface area (Å²) in [5.41, 5.74) is 1.01. The fourth-order valence-corrected chi connectivity index (χ4v) is 3.26. The highest BCUT2D eigenvalue weighted by Gasteiger charge is 2.21. The van der Waals surface area contributed by atoms with Crippen LogP contribution in [-0.2, 0) is 0 Å². The number of nitrogens with zero attached hydrogens (tertiary/aromatic N) is 1. The molecular formula is C13H17BrN2OS. The van der Waals surface area contributed by atoms with Gasteiger partial charge in [-0.2, -0.15) is 0 Å². The van der Waals surface area contributed by atoms with Crippen LogP contribution < -0.4 is 10.1 Å². The number of thioether (sulfide) groups is 1. The Morgan fingerprint density at radius 3 is 2.89 bits per heavy atom. The van der Waals surface area contributed by atoms with Crippen molar-refractivity contribution in [1.29, 1.82) is 0 Å². The topological polar surface area (TPSA) is 33.6 Å². The Bertz CT molecular complexity index is 462. The van der Waals surface area contributed by atoms with E-state index in [2.05, 4.69) is 40.1 Å². The molecule has 0 aromatic heterocycles. The minimum Gasteiger partial charge on any atom is -0.495 e. The predicted molar refractivity (Wildman–Crippen MR) is 82.8 cm³/mol. The van der Waals surface area contributed by atoms with Crippen molar-refractivity contribution >= 4 is 38.5 Å². The molecule has 1 aromatic rings. The lowest BCUT2D eigenvalue weighted by Crippen LogP contribution is -2.12. The van der Waals surface area contributed by atoms with Gasteiger partial charge in [-0.1, -0.05) is 25.6 Å². The van der Waals surface area contributed by atoms with Crippen LogP contribution in [-0.4, -0.2) is 24.1 Å². The maximum Gasteiger partial charge on any atom is 0.161 e. The molecule has 0 bridgehead atoms. The van der Waals surface area contributed by atoms with Crippen LogP contribution in [0.15, 0.2) is 27.7 Å². The summed E-state index contributed by atoms with van der Waals surface area (Å²) in [5.74, 6) is 2.48. The zero-order valence-corrected chi connectivity index (χ0v) is 13.1. The SMILES string of the molecule is COc1cc(NC2=NC(C(C)C)CS2)ccc1Br. The summed E-state index contributed by atoms with van der Waals surface area (Å²) in [6.45, 7) is 4.42. The average molecular weight is 329 g/mol. The Morgan fingerprint density at radius 1 is 1.50 bits per heavy atom. The van der Waals surface area contributed by atoms with E-state index in [0.29, 0.717) is 12.0 Å². The first kappa shape index (κ1) is 13.7. The molecule has 5 heteroatoms. The molecule has 1 unspecified atom stereocenters. The summed E-state index contributed by atoms with van der Waals surface area (Å²) in [7, 11) is 1.67. The highest BCUT2D eigenvalue weighted by atomic mass is 79.9. The van der Waals surface area contributed by atoms with Gasteiger partial charge in [0.05, 0.1) is 17.6 Å². The summed E-state index contributed by atoms with van der Waals surface area (Å²) in [5, 5.41) is 4.34. The van der Waals surface area contributed by atoms with Gasteiger partial charge in [0, 0.05) is 17.5 Å². The van der Waals surface area contributed by atoms with Crippen LogP contribution in [0.1, 0.15) is 13.8 Å². The van der Waals surface area contributed by atoms with E-state index in [4.69, 9.17) is 4.74 Å². The quantitative estimate of drug-likeness (QED) is 0.910. The second-order valence-electron chi connectivity index (χ2n) is 4.53. The summed E-state index contributed by atoms with van der Waals surface area (Å²) >= 11 is 5.22. The Balaban J connectivity index is 2.08. The van der Waals surface area contributed by atoms with E-state index in [1.165, 1.54) is 0 Å². The van der Waals surface area contributed by atoms with E-state index in [1.807, 2.05) is 18.2 Å². The first-order chi connectivity index (χ1) is 8.60. The molecule has 0 fully saturated rings.